The van der Waals surface area contributed by atoms with Crippen LogP contribution in [-0.4, -0.2) is 17.1 Å². The van der Waals surface area contributed by atoms with Crippen LogP contribution in [0.3, 0.4) is 0 Å². The summed E-state index contributed by atoms with van der Waals surface area (Å²) in [7, 11) is 0. The second kappa shape index (κ2) is 5.13. The average molecular weight is 159 g/mol. The van der Waals surface area contributed by atoms with Crippen LogP contribution in [0.4, 0.5) is 0 Å². The van der Waals surface area contributed by atoms with E-state index in [2.05, 4.69) is 6.92 Å². The van der Waals surface area contributed by atoms with Crippen molar-refractivity contribution in [3.05, 3.63) is 0 Å². The van der Waals surface area contributed by atoms with Crippen LogP contribution in [0.1, 0.15) is 33.1 Å². The van der Waals surface area contributed by atoms with E-state index in [0.717, 1.165) is 19.3 Å². The molecule has 2 atom stereocenters. The Morgan fingerprint density at radius 3 is 2.55 bits per heavy atom. The molecule has 0 aromatic carbocycles. The molecule has 11 heavy (non-hydrogen) atoms. The minimum Gasteiger partial charge on any atom is -0.481 e. The molecular formula is C8H17NO2. The molecule has 0 aromatic heterocycles. The average Bonchev–Trinajstić information content (AvgIpc) is 1.98. The van der Waals surface area contributed by atoms with E-state index in [-0.39, 0.29) is 6.04 Å². The van der Waals surface area contributed by atoms with Gasteiger partial charge in [0, 0.05) is 6.04 Å². The first-order valence-electron chi connectivity index (χ1n) is 4.08. The van der Waals surface area contributed by atoms with Gasteiger partial charge >= 0.3 is 5.97 Å². The molecule has 0 fully saturated rings. The molecule has 0 bridgehead atoms. The third kappa shape index (κ3) is 3.98. The fourth-order valence-electron chi connectivity index (χ4n) is 0.873. The predicted octanol–water partition coefficient (Wildman–Crippen LogP) is 1.22. The van der Waals surface area contributed by atoms with E-state index >= 15 is 0 Å². The molecule has 0 amide bonds. The number of unbranched alkanes of at least 4 members (excludes halogenated alkanes) is 1. The second-order valence-corrected chi connectivity index (χ2v) is 2.93. The number of nitrogens with two attached hydrogens (primary N) is 1. The Hall–Kier alpha value is -0.570. The Labute approximate surface area is 67.6 Å². The van der Waals surface area contributed by atoms with Crippen LogP contribution in [0.2, 0.25) is 0 Å². The van der Waals surface area contributed by atoms with Crippen molar-refractivity contribution in [3.8, 4) is 0 Å². The molecule has 0 spiro atoms. The Kier molecular flexibility index (Phi) is 4.86. The molecule has 0 radical (unpaired) electrons. The first-order valence-corrected chi connectivity index (χ1v) is 4.08. The van der Waals surface area contributed by atoms with Crippen molar-refractivity contribution in [2.75, 3.05) is 0 Å². The Morgan fingerprint density at radius 1 is 1.64 bits per heavy atom. The van der Waals surface area contributed by atoms with Crippen molar-refractivity contribution in [1.29, 1.82) is 0 Å². The summed E-state index contributed by atoms with van der Waals surface area (Å²) < 4.78 is 0. The summed E-state index contributed by atoms with van der Waals surface area (Å²) in [6.45, 7) is 3.72. The van der Waals surface area contributed by atoms with Gasteiger partial charge < -0.3 is 10.8 Å². The standard InChI is InChI=1S/C8H17NO2/c1-3-4-5-7(9)6(2)8(10)11/h6-7H,3-5,9H2,1-2H3,(H,10,11). The normalized spacial score (nSPS) is 15.9. The summed E-state index contributed by atoms with van der Waals surface area (Å²) in [6.07, 6.45) is 2.89. The highest BCUT2D eigenvalue weighted by atomic mass is 16.4. The fourth-order valence-corrected chi connectivity index (χ4v) is 0.873. The Balaban J connectivity index is 3.63. The van der Waals surface area contributed by atoms with Gasteiger partial charge in [-0.2, -0.15) is 0 Å². The van der Waals surface area contributed by atoms with Crippen LogP contribution in [0, 0.1) is 5.92 Å². The lowest BCUT2D eigenvalue weighted by Gasteiger charge is -2.14. The Morgan fingerprint density at radius 2 is 2.18 bits per heavy atom. The summed E-state index contributed by atoms with van der Waals surface area (Å²) in [5.74, 6) is -1.21. The highest BCUT2D eigenvalue weighted by Crippen LogP contribution is 2.07. The van der Waals surface area contributed by atoms with Gasteiger partial charge in [-0.3, -0.25) is 4.79 Å². The van der Waals surface area contributed by atoms with E-state index in [1.165, 1.54) is 0 Å². The van der Waals surface area contributed by atoms with E-state index in [9.17, 15) is 4.79 Å². The summed E-state index contributed by atoms with van der Waals surface area (Å²) >= 11 is 0. The third-order valence-corrected chi connectivity index (χ3v) is 1.92. The third-order valence-electron chi connectivity index (χ3n) is 1.92. The quantitative estimate of drug-likeness (QED) is 0.634. The maximum Gasteiger partial charge on any atom is 0.307 e. The van der Waals surface area contributed by atoms with Crippen molar-refractivity contribution < 1.29 is 9.90 Å². The van der Waals surface area contributed by atoms with Gasteiger partial charge in [-0.15, -0.1) is 0 Å². The van der Waals surface area contributed by atoms with E-state index in [1.54, 1.807) is 6.92 Å². The van der Waals surface area contributed by atoms with Crippen molar-refractivity contribution in [2.24, 2.45) is 11.7 Å². The van der Waals surface area contributed by atoms with Crippen LogP contribution >= 0.6 is 0 Å². The van der Waals surface area contributed by atoms with Gasteiger partial charge in [-0.25, -0.2) is 0 Å². The maximum absolute atomic E-state index is 10.4. The summed E-state index contributed by atoms with van der Waals surface area (Å²) in [5.41, 5.74) is 5.62. The lowest BCUT2D eigenvalue weighted by atomic mass is 9.98. The zero-order valence-electron chi connectivity index (χ0n) is 7.21. The first-order chi connectivity index (χ1) is 5.09. The monoisotopic (exact) mass is 159 g/mol. The van der Waals surface area contributed by atoms with Crippen molar-refractivity contribution in [1.82, 2.24) is 0 Å². The number of carbonyl (C=O) groups is 1. The zero-order valence-corrected chi connectivity index (χ0v) is 7.21. The van der Waals surface area contributed by atoms with Gasteiger partial charge in [0.1, 0.15) is 0 Å². The lowest BCUT2D eigenvalue weighted by molar-refractivity contribution is -0.141. The number of rotatable bonds is 5. The molecule has 0 rings (SSSR count). The molecular weight excluding hydrogens is 142 g/mol. The highest BCUT2D eigenvalue weighted by molar-refractivity contribution is 5.70. The zero-order chi connectivity index (χ0) is 8.85. The van der Waals surface area contributed by atoms with E-state index in [0.29, 0.717) is 0 Å². The van der Waals surface area contributed by atoms with Crippen LogP contribution in [0.5, 0.6) is 0 Å². The molecule has 2 unspecified atom stereocenters. The number of hydrogen-bond donors (Lipinski definition) is 2. The van der Waals surface area contributed by atoms with Crippen molar-refractivity contribution in [3.63, 3.8) is 0 Å². The minimum absolute atomic E-state index is 0.188. The maximum atomic E-state index is 10.4. The second-order valence-electron chi connectivity index (χ2n) is 2.93. The minimum atomic E-state index is -0.798. The largest absolute Gasteiger partial charge is 0.481 e. The lowest BCUT2D eigenvalue weighted by Crippen LogP contribution is -2.33. The van der Waals surface area contributed by atoms with Gasteiger partial charge in [-0.05, 0) is 6.42 Å². The van der Waals surface area contributed by atoms with Crippen molar-refractivity contribution in [2.45, 2.75) is 39.2 Å². The molecule has 0 aromatic rings. The van der Waals surface area contributed by atoms with Crippen LogP contribution in [0.15, 0.2) is 0 Å². The fraction of sp³-hybridized carbons (Fsp3) is 0.875. The van der Waals surface area contributed by atoms with E-state index in [1.807, 2.05) is 0 Å². The van der Waals surface area contributed by atoms with Gasteiger partial charge in [-0.1, -0.05) is 26.7 Å². The molecule has 0 heterocycles. The Bertz CT molecular complexity index is 125. The van der Waals surface area contributed by atoms with Gasteiger partial charge in [0.2, 0.25) is 0 Å². The van der Waals surface area contributed by atoms with Gasteiger partial charge in [0.25, 0.3) is 0 Å². The SMILES string of the molecule is CCCCC(N)C(C)C(=O)O. The predicted molar refractivity (Wildman–Crippen MR) is 44.3 cm³/mol. The van der Waals surface area contributed by atoms with Crippen LogP contribution in [-0.2, 0) is 4.79 Å². The smallest absolute Gasteiger partial charge is 0.307 e. The molecule has 0 aliphatic carbocycles. The number of carboxylic acids is 1. The molecule has 0 aliphatic heterocycles. The number of hydrogen-bond acceptors (Lipinski definition) is 2. The van der Waals surface area contributed by atoms with Gasteiger partial charge in [0.05, 0.1) is 5.92 Å². The van der Waals surface area contributed by atoms with Gasteiger partial charge in [0.15, 0.2) is 0 Å². The van der Waals surface area contributed by atoms with E-state index < -0.39 is 11.9 Å². The summed E-state index contributed by atoms with van der Waals surface area (Å²) in [5, 5.41) is 8.57. The van der Waals surface area contributed by atoms with Crippen LogP contribution < -0.4 is 5.73 Å². The van der Waals surface area contributed by atoms with Crippen LogP contribution in [0.25, 0.3) is 0 Å². The number of aliphatic carboxylic acids is 1. The van der Waals surface area contributed by atoms with E-state index in [4.69, 9.17) is 10.8 Å². The molecule has 0 saturated carbocycles. The molecule has 66 valence electrons. The topological polar surface area (TPSA) is 63.3 Å². The molecule has 0 aliphatic rings. The molecule has 3 nitrogen and oxygen atoms in total. The number of carboxylic acid groups (broad SMARTS) is 1. The van der Waals surface area contributed by atoms with Crippen molar-refractivity contribution >= 4 is 5.97 Å². The summed E-state index contributed by atoms with van der Waals surface area (Å²) in [6, 6.07) is -0.188. The molecule has 3 N–H and O–H groups in total. The first kappa shape index (κ1) is 10.4. The highest BCUT2D eigenvalue weighted by Gasteiger charge is 2.18. The molecule has 3 heteroatoms. The molecule has 0 saturated heterocycles. The summed E-state index contributed by atoms with van der Waals surface area (Å²) in [4.78, 5) is 10.4.